The van der Waals surface area contributed by atoms with Crippen molar-refractivity contribution in [2.24, 2.45) is 0 Å². The smallest absolute Gasteiger partial charge is 0.333 e. The number of ether oxygens (including phenoxy) is 1. The molecule has 1 rings (SSSR count). The number of para-hydroxylation sites is 1. The summed E-state index contributed by atoms with van der Waals surface area (Å²) in [4.78, 5) is 10.8. The van der Waals surface area contributed by atoms with E-state index in [1.54, 1.807) is 18.2 Å². The van der Waals surface area contributed by atoms with Gasteiger partial charge in [0.2, 0.25) is 0 Å². The molecule has 1 N–H and O–H groups in total. The first-order chi connectivity index (χ1) is 10.2. The Hall–Kier alpha value is -1.78. The van der Waals surface area contributed by atoms with Gasteiger partial charge in [0, 0.05) is 6.54 Å². The number of hydrogen-bond donors (Lipinski definition) is 1. The molecule has 0 aliphatic carbocycles. The van der Waals surface area contributed by atoms with Crippen molar-refractivity contribution in [1.82, 2.24) is 0 Å². The molecule has 0 fully saturated rings. The molecule has 5 nitrogen and oxygen atoms in total. The summed E-state index contributed by atoms with van der Waals surface area (Å²) in [5.74, 6) is 0.354. The monoisotopic (exact) mass is 294 g/mol. The maximum Gasteiger partial charge on any atom is 0.333 e. The van der Waals surface area contributed by atoms with Crippen LogP contribution in [-0.4, -0.2) is 18.1 Å². The van der Waals surface area contributed by atoms with Crippen molar-refractivity contribution in [1.29, 1.82) is 0 Å². The lowest BCUT2D eigenvalue weighted by atomic mass is 10.1. The van der Waals surface area contributed by atoms with Crippen LogP contribution in [0.2, 0.25) is 0 Å². The molecule has 0 amide bonds. The minimum absolute atomic E-state index is 0.0327. The van der Waals surface area contributed by atoms with E-state index < -0.39 is 0 Å². The van der Waals surface area contributed by atoms with Crippen LogP contribution in [0.1, 0.15) is 52.4 Å². The third kappa shape index (κ3) is 6.02. The van der Waals surface area contributed by atoms with E-state index in [2.05, 4.69) is 12.2 Å². The molecule has 21 heavy (non-hydrogen) atoms. The van der Waals surface area contributed by atoms with Crippen LogP contribution in [0.4, 0.5) is 11.4 Å². The molecule has 0 aliphatic heterocycles. The SMILES string of the molecule is CCCCCCCCOc1cccc(NCC)c1[N+](=O)[O-]. The van der Waals surface area contributed by atoms with E-state index >= 15 is 0 Å². The summed E-state index contributed by atoms with van der Waals surface area (Å²) in [6, 6.07) is 5.15. The van der Waals surface area contributed by atoms with Crippen molar-refractivity contribution in [3.63, 3.8) is 0 Å². The largest absolute Gasteiger partial charge is 0.487 e. The van der Waals surface area contributed by atoms with E-state index in [1.165, 1.54) is 25.7 Å². The summed E-state index contributed by atoms with van der Waals surface area (Å²) in [6.45, 7) is 5.28. The predicted molar refractivity (Wildman–Crippen MR) is 86.1 cm³/mol. The van der Waals surface area contributed by atoms with Crippen LogP contribution in [0.25, 0.3) is 0 Å². The Morgan fingerprint density at radius 3 is 2.52 bits per heavy atom. The van der Waals surface area contributed by atoms with E-state index in [4.69, 9.17) is 4.74 Å². The van der Waals surface area contributed by atoms with Crippen LogP contribution in [0.5, 0.6) is 5.75 Å². The fourth-order valence-electron chi connectivity index (χ4n) is 2.22. The lowest BCUT2D eigenvalue weighted by molar-refractivity contribution is -0.385. The van der Waals surface area contributed by atoms with E-state index in [0.717, 1.165) is 12.8 Å². The number of hydrogen-bond acceptors (Lipinski definition) is 4. The second-order valence-corrected chi connectivity index (χ2v) is 5.06. The van der Waals surface area contributed by atoms with Crippen LogP contribution in [-0.2, 0) is 0 Å². The fourth-order valence-corrected chi connectivity index (χ4v) is 2.22. The van der Waals surface area contributed by atoms with Gasteiger partial charge in [0.25, 0.3) is 0 Å². The van der Waals surface area contributed by atoms with Gasteiger partial charge in [-0.05, 0) is 25.5 Å². The Morgan fingerprint density at radius 1 is 1.14 bits per heavy atom. The van der Waals surface area contributed by atoms with Gasteiger partial charge in [-0.15, -0.1) is 0 Å². The second-order valence-electron chi connectivity index (χ2n) is 5.06. The highest BCUT2D eigenvalue weighted by atomic mass is 16.6. The Morgan fingerprint density at radius 2 is 1.86 bits per heavy atom. The molecule has 0 saturated carbocycles. The molecule has 0 bridgehead atoms. The molecule has 5 heteroatoms. The van der Waals surface area contributed by atoms with Gasteiger partial charge in [-0.1, -0.05) is 45.1 Å². The van der Waals surface area contributed by atoms with Gasteiger partial charge in [0.05, 0.1) is 11.5 Å². The van der Waals surface area contributed by atoms with Gasteiger partial charge in [0.1, 0.15) is 5.69 Å². The molecular formula is C16H26N2O3. The molecule has 0 heterocycles. The molecule has 0 aromatic heterocycles. The highest BCUT2D eigenvalue weighted by molar-refractivity contribution is 5.68. The van der Waals surface area contributed by atoms with Crippen molar-refractivity contribution < 1.29 is 9.66 Å². The Labute approximate surface area is 126 Å². The fraction of sp³-hybridized carbons (Fsp3) is 0.625. The Bertz CT molecular complexity index is 436. The van der Waals surface area contributed by atoms with Gasteiger partial charge in [0.15, 0.2) is 5.75 Å². The lowest BCUT2D eigenvalue weighted by Gasteiger charge is -2.10. The number of rotatable bonds is 11. The molecule has 0 atom stereocenters. The van der Waals surface area contributed by atoms with Gasteiger partial charge >= 0.3 is 5.69 Å². The molecule has 0 spiro atoms. The Balaban J connectivity index is 2.50. The van der Waals surface area contributed by atoms with E-state index in [1.807, 2.05) is 6.92 Å². The van der Waals surface area contributed by atoms with Crippen molar-refractivity contribution in [3.8, 4) is 5.75 Å². The number of benzene rings is 1. The third-order valence-electron chi connectivity index (χ3n) is 3.30. The average Bonchev–Trinajstić information content (AvgIpc) is 2.46. The van der Waals surface area contributed by atoms with Crippen molar-refractivity contribution in [2.75, 3.05) is 18.5 Å². The van der Waals surface area contributed by atoms with Gasteiger partial charge < -0.3 is 10.1 Å². The molecule has 0 unspecified atom stereocenters. The molecular weight excluding hydrogens is 268 g/mol. The van der Waals surface area contributed by atoms with Crippen LogP contribution in [0, 0.1) is 10.1 Å². The summed E-state index contributed by atoms with van der Waals surface area (Å²) in [7, 11) is 0. The number of nitrogens with one attached hydrogen (secondary N) is 1. The highest BCUT2D eigenvalue weighted by Crippen LogP contribution is 2.34. The second kappa shape index (κ2) is 10.0. The van der Waals surface area contributed by atoms with Crippen molar-refractivity contribution in [3.05, 3.63) is 28.3 Å². The normalized spacial score (nSPS) is 10.4. The quantitative estimate of drug-likeness (QED) is 0.363. The molecule has 118 valence electrons. The summed E-state index contributed by atoms with van der Waals surface area (Å²) in [6.07, 6.45) is 7.02. The summed E-state index contributed by atoms with van der Waals surface area (Å²) >= 11 is 0. The predicted octanol–water partition coefficient (Wildman–Crippen LogP) is 4.77. The number of unbranched alkanes of at least 4 members (excludes halogenated alkanes) is 5. The number of anilines is 1. The van der Waals surface area contributed by atoms with Gasteiger partial charge in [-0.25, -0.2) is 0 Å². The molecule has 1 aromatic rings. The first-order valence-corrected chi connectivity index (χ1v) is 7.84. The minimum atomic E-state index is -0.380. The lowest BCUT2D eigenvalue weighted by Crippen LogP contribution is -2.05. The Kier molecular flexibility index (Phi) is 8.24. The minimum Gasteiger partial charge on any atom is -0.487 e. The van der Waals surface area contributed by atoms with E-state index in [-0.39, 0.29) is 10.6 Å². The van der Waals surface area contributed by atoms with Crippen LogP contribution in [0.15, 0.2) is 18.2 Å². The zero-order chi connectivity index (χ0) is 15.5. The van der Waals surface area contributed by atoms with Gasteiger partial charge in [-0.2, -0.15) is 0 Å². The standard InChI is InChI=1S/C16H26N2O3/c1-3-5-6-7-8-9-13-21-15-12-10-11-14(17-4-2)16(15)18(19)20/h10-12,17H,3-9,13H2,1-2H3. The first kappa shape index (κ1) is 17.3. The van der Waals surface area contributed by atoms with Crippen LogP contribution >= 0.6 is 0 Å². The van der Waals surface area contributed by atoms with E-state index in [0.29, 0.717) is 24.6 Å². The summed E-state index contributed by atoms with van der Waals surface area (Å²) in [5.41, 5.74) is 0.549. The van der Waals surface area contributed by atoms with Crippen LogP contribution in [0.3, 0.4) is 0 Å². The third-order valence-corrected chi connectivity index (χ3v) is 3.30. The number of nitro benzene ring substituents is 1. The van der Waals surface area contributed by atoms with Crippen molar-refractivity contribution >= 4 is 11.4 Å². The summed E-state index contributed by atoms with van der Waals surface area (Å²) < 4.78 is 5.61. The molecule has 0 radical (unpaired) electrons. The van der Waals surface area contributed by atoms with Gasteiger partial charge in [-0.3, -0.25) is 10.1 Å². The number of nitro groups is 1. The topological polar surface area (TPSA) is 64.4 Å². The average molecular weight is 294 g/mol. The maximum absolute atomic E-state index is 11.2. The highest BCUT2D eigenvalue weighted by Gasteiger charge is 2.20. The molecule has 0 saturated heterocycles. The number of nitrogens with zero attached hydrogens (tertiary/aromatic N) is 1. The molecule has 1 aromatic carbocycles. The molecule has 0 aliphatic rings. The zero-order valence-corrected chi connectivity index (χ0v) is 13.1. The van der Waals surface area contributed by atoms with Crippen molar-refractivity contribution in [2.45, 2.75) is 52.4 Å². The zero-order valence-electron chi connectivity index (χ0n) is 13.1. The summed E-state index contributed by atoms with van der Waals surface area (Å²) in [5, 5.41) is 14.2. The van der Waals surface area contributed by atoms with E-state index in [9.17, 15) is 10.1 Å². The maximum atomic E-state index is 11.2. The first-order valence-electron chi connectivity index (χ1n) is 7.84. The van der Waals surface area contributed by atoms with Crippen LogP contribution < -0.4 is 10.1 Å².